The summed E-state index contributed by atoms with van der Waals surface area (Å²) in [6.45, 7) is 3.73. The van der Waals surface area contributed by atoms with Crippen LogP contribution in [0, 0.1) is 13.8 Å². The van der Waals surface area contributed by atoms with Crippen molar-refractivity contribution in [2.75, 3.05) is 5.32 Å². The second-order valence-electron chi connectivity index (χ2n) is 4.22. The molecule has 0 aliphatic carbocycles. The number of aryl methyl sites for hydroxylation is 2. The first-order valence-corrected chi connectivity index (χ1v) is 6.05. The molecule has 0 bridgehead atoms. The van der Waals surface area contributed by atoms with Gasteiger partial charge in [0.15, 0.2) is 0 Å². The highest BCUT2D eigenvalue weighted by atomic mass is 35.5. The number of hydrogen-bond acceptors (Lipinski definition) is 4. The summed E-state index contributed by atoms with van der Waals surface area (Å²) < 4.78 is 42.9. The van der Waals surface area contributed by atoms with E-state index in [0.29, 0.717) is 11.5 Å². The molecule has 0 amide bonds. The predicted molar refractivity (Wildman–Crippen MR) is 67.6 cm³/mol. The molecule has 20 heavy (non-hydrogen) atoms. The smallest absolute Gasteiger partial charge is 0.366 e. The number of alkyl halides is 3. The van der Waals surface area contributed by atoms with Crippen LogP contribution < -0.4 is 5.32 Å². The molecule has 0 aliphatic rings. The van der Waals surface area contributed by atoms with Crippen molar-refractivity contribution in [3.63, 3.8) is 0 Å². The molecule has 4 nitrogen and oxygen atoms in total. The van der Waals surface area contributed by atoms with Gasteiger partial charge in [0, 0.05) is 12.1 Å². The van der Waals surface area contributed by atoms with Crippen LogP contribution in [-0.4, -0.2) is 10.1 Å². The van der Waals surface area contributed by atoms with Crippen molar-refractivity contribution >= 4 is 17.4 Å². The fraction of sp³-hybridized carbons (Fsp3) is 0.333. The number of aromatic nitrogens is 2. The van der Waals surface area contributed by atoms with Gasteiger partial charge >= 0.3 is 6.18 Å². The first kappa shape index (κ1) is 14.6. The lowest BCUT2D eigenvalue weighted by Gasteiger charge is -2.10. The standard InChI is InChI=1S/C12H11ClF3N3O/c1-6-9(7(2)20-19-6)5-17-11-4-8(12(14,15)16)3-10(13)18-11/h3-4H,5H2,1-2H3,(H,17,18). The van der Waals surface area contributed by atoms with E-state index in [4.69, 9.17) is 16.1 Å². The maximum atomic E-state index is 12.7. The second kappa shape index (κ2) is 5.32. The first-order chi connectivity index (χ1) is 9.27. The first-order valence-electron chi connectivity index (χ1n) is 5.68. The Labute approximate surface area is 117 Å². The Kier molecular flexibility index (Phi) is 3.89. The van der Waals surface area contributed by atoms with E-state index >= 15 is 0 Å². The second-order valence-corrected chi connectivity index (χ2v) is 4.61. The van der Waals surface area contributed by atoms with Crippen molar-refractivity contribution in [3.8, 4) is 0 Å². The summed E-state index contributed by atoms with van der Waals surface area (Å²) in [6.07, 6.45) is -4.47. The average molecular weight is 306 g/mol. The zero-order chi connectivity index (χ0) is 14.9. The fourth-order valence-corrected chi connectivity index (χ4v) is 1.89. The molecule has 0 aliphatic heterocycles. The molecule has 0 saturated carbocycles. The summed E-state index contributed by atoms with van der Waals surface area (Å²) in [5.74, 6) is 0.651. The van der Waals surface area contributed by atoms with Gasteiger partial charge in [-0.3, -0.25) is 0 Å². The van der Waals surface area contributed by atoms with Crippen molar-refractivity contribution in [2.24, 2.45) is 0 Å². The van der Waals surface area contributed by atoms with Crippen molar-refractivity contribution in [3.05, 3.63) is 39.9 Å². The molecule has 0 radical (unpaired) electrons. The lowest BCUT2D eigenvalue weighted by molar-refractivity contribution is -0.137. The normalized spacial score (nSPS) is 11.7. The van der Waals surface area contributed by atoms with Crippen molar-refractivity contribution in [1.82, 2.24) is 10.1 Å². The highest BCUT2D eigenvalue weighted by molar-refractivity contribution is 6.29. The van der Waals surface area contributed by atoms with Gasteiger partial charge in [-0.15, -0.1) is 0 Å². The lowest BCUT2D eigenvalue weighted by atomic mass is 10.2. The Hall–Kier alpha value is -1.76. The Morgan fingerprint density at radius 3 is 2.55 bits per heavy atom. The summed E-state index contributed by atoms with van der Waals surface area (Å²) >= 11 is 5.60. The molecule has 8 heteroatoms. The third-order valence-electron chi connectivity index (χ3n) is 2.75. The van der Waals surface area contributed by atoms with Crippen LogP contribution in [0.4, 0.5) is 19.0 Å². The maximum Gasteiger partial charge on any atom is 0.416 e. The summed E-state index contributed by atoms with van der Waals surface area (Å²) in [5.41, 5.74) is 0.604. The van der Waals surface area contributed by atoms with E-state index in [0.717, 1.165) is 17.7 Å². The summed E-state index contributed by atoms with van der Waals surface area (Å²) in [4.78, 5) is 3.81. The highest BCUT2D eigenvalue weighted by Crippen LogP contribution is 2.32. The number of nitrogens with zero attached hydrogens (tertiary/aromatic N) is 2. The number of halogens is 4. The quantitative estimate of drug-likeness (QED) is 0.872. The van der Waals surface area contributed by atoms with Crippen LogP contribution in [0.25, 0.3) is 0 Å². The van der Waals surface area contributed by atoms with Crippen LogP contribution >= 0.6 is 11.6 Å². The molecule has 0 aromatic carbocycles. The van der Waals surface area contributed by atoms with Crippen molar-refractivity contribution in [2.45, 2.75) is 26.6 Å². The monoisotopic (exact) mass is 305 g/mol. The molecule has 1 N–H and O–H groups in total. The molecule has 2 aromatic heterocycles. The van der Waals surface area contributed by atoms with Gasteiger partial charge < -0.3 is 9.84 Å². The van der Waals surface area contributed by atoms with Gasteiger partial charge in [-0.05, 0) is 26.0 Å². The van der Waals surface area contributed by atoms with Gasteiger partial charge in [-0.1, -0.05) is 16.8 Å². The van der Waals surface area contributed by atoms with E-state index in [1.807, 2.05) is 0 Å². The summed E-state index contributed by atoms with van der Waals surface area (Å²) in [7, 11) is 0. The van der Waals surface area contributed by atoms with Crippen LogP contribution in [0.5, 0.6) is 0 Å². The van der Waals surface area contributed by atoms with Gasteiger partial charge in [-0.25, -0.2) is 4.98 Å². The molecular formula is C12H11ClF3N3O. The number of nitrogens with one attached hydrogen (secondary N) is 1. The van der Waals surface area contributed by atoms with Crippen LogP contribution in [0.2, 0.25) is 5.15 Å². The number of pyridine rings is 1. The Morgan fingerprint density at radius 2 is 2.00 bits per heavy atom. The van der Waals surface area contributed by atoms with Crippen molar-refractivity contribution in [1.29, 1.82) is 0 Å². The Morgan fingerprint density at radius 1 is 1.30 bits per heavy atom. The topological polar surface area (TPSA) is 51.0 Å². The van der Waals surface area contributed by atoms with Crippen LogP contribution in [0.1, 0.15) is 22.6 Å². The largest absolute Gasteiger partial charge is 0.416 e. The van der Waals surface area contributed by atoms with Gasteiger partial charge in [0.25, 0.3) is 0 Å². The lowest BCUT2D eigenvalue weighted by Crippen LogP contribution is -2.08. The van der Waals surface area contributed by atoms with Gasteiger partial charge in [0.2, 0.25) is 0 Å². The zero-order valence-electron chi connectivity index (χ0n) is 10.7. The van der Waals surface area contributed by atoms with E-state index in [1.165, 1.54) is 0 Å². The summed E-state index contributed by atoms with van der Waals surface area (Å²) in [6, 6.07) is 1.69. The van der Waals surface area contributed by atoms with Gasteiger partial charge in [-0.2, -0.15) is 13.2 Å². The zero-order valence-corrected chi connectivity index (χ0v) is 11.4. The molecule has 0 spiro atoms. The van der Waals surface area contributed by atoms with E-state index in [2.05, 4.69) is 15.5 Å². The SMILES string of the molecule is Cc1noc(C)c1CNc1cc(C(F)(F)F)cc(Cl)n1. The number of rotatable bonds is 3. The van der Waals surface area contributed by atoms with Crippen molar-refractivity contribution < 1.29 is 17.7 Å². The number of anilines is 1. The minimum Gasteiger partial charge on any atom is -0.366 e. The van der Waals surface area contributed by atoms with Gasteiger partial charge in [0.1, 0.15) is 16.7 Å². The van der Waals surface area contributed by atoms with Crippen LogP contribution in [0.3, 0.4) is 0 Å². The maximum absolute atomic E-state index is 12.7. The predicted octanol–water partition coefficient (Wildman–Crippen LogP) is 3.97. The van der Waals surface area contributed by atoms with E-state index < -0.39 is 11.7 Å². The number of hydrogen-bond donors (Lipinski definition) is 1. The van der Waals surface area contributed by atoms with E-state index in [-0.39, 0.29) is 17.5 Å². The molecular weight excluding hydrogens is 295 g/mol. The molecule has 2 rings (SSSR count). The molecule has 2 aromatic rings. The molecule has 108 valence electrons. The Bertz CT molecular complexity index is 605. The van der Waals surface area contributed by atoms with E-state index in [1.54, 1.807) is 13.8 Å². The molecule has 0 atom stereocenters. The van der Waals surface area contributed by atoms with E-state index in [9.17, 15) is 13.2 Å². The third-order valence-corrected chi connectivity index (χ3v) is 2.94. The Balaban J connectivity index is 2.20. The molecule has 0 fully saturated rings. The molecule has 2 heterocycles. The summed E-state index contributed by atoms with van der Waals surface area (Å²) in [5, 5.41) is 6.33. The highest BCUT2D eigenvalue weighted by Gasteiger charge is 2.31. The molecule has 0 saturated heterocycles. The minimum absolute atomic E-state index is 0.0461. The van der Waals surface area contributed by atoms with Crippen LogP contribution in [0.15, 0.2) is 16.7 Å². The minimum atomic E-state index is -4.47. The van der Waals surface area contributed by atoms with Gasteiger partial charge in [0.05, 0.1) is 11.3 Å². The third kappa shape index (κ3) is 3.22. The molecule has 0 unspecified atom stereocenters. The van der Waals surface area contributed by atoms with Crippen LogP contribution in [-0.2, 0) is 12.7 Å². The fourth-order valence-electron chi connectivity index (χ4n) is 1.68. The average Bonchev–Trinajstić information content (AvgIpc) is 2.65.